The lowest BCUT2D eigenvalue weighted by atomic mass is 10.0. The average Bonchev–Trinajstić information content (AvgIpc) is 2.74. The van der Waals surface area contributed by atoms with Crippen molar-refractivity contribution in [2.24, 2.45) is 5.92 Å². The van der Waals surface area contributed by atoms with Crippen LogP contribution in [-0.4, -0.2) is 23.0 Å². The van der Waals surface area contributed by atoms with Gasteiger partial charge in [-0.25, -0.2) is 4.79 Å². The van der Waals surface area contributed by atoms with E-state index in [4.69, 9.17) is 9.52 Å². The molecule has 0 saturated carbocycles. The first-order valence-corrected chi connectivity index (χ1v) is 6.85. The van der Waals surface area contributed by atoms with E-state index in [2.05, 4.69) is 5.32 Å². The van der Waals surface area contributed by atoms with Crippen LogP contribution in [0, 0.1) is 19.8 Å². The zero-order valence-electron chi connectivity index (χ0n) is 12.6. The fourth-order valence-corrected chi connectivity index (χ4v) is 2.32. The van der Waals surface area contributed by atoms with E-state index in [9.17, 15) is 9.59 Å². The van der Waals surface area contributed by atoms with Crippen LogP contribution >= 0.6 is 0 Å². The lowest BCUT2D eigenvalue weighted by Crippen LogP contribution is -2.44. The van der Waals surface area contributed by atoms with Gasteiger partial charge in [-0.3, -0.25) is 4.79 Å². The SMILES string of the molecule is Cc1c(C(=O)N[C@@H](C(=O)O)C(C)C)oc2c(C)cccc12. The van der Waals surface area contributed by atoms with Gasteiger partial charge < -0.3 is 14.8 Å². The first-order chi connectivity index (χ1) is 9.82. The molecule has 0 aliphatic rings. The number of fused-ring (bicyclic) bond motifs is 1. The lowest BCUT2D eigenvalue weighted by Gasteiger charge is -2.17. The number of aliphatic carboxylic acids is 1. The summed E-state index contributed by atoms with van der Waals surface area (Å²) in [4.78, 5) is 23.5. The molecule has 21 heavy (non-hydrogen) atoms. The van der Waals surface area contributed by atoms with E-state index in [1.807, 2.05) is 25.1 Å². The number of rotatable bonds is 4. The third-order valence-corrected chi connectivity index (χ3v) is 3.59. The van der Waals surface area contributed by atoms with E-state index in [1.165, 1.54) is 0 Å². The number of furan rings is 1. The fraction of sp³-hybridized carbons (Fsp3) is 0.375. The minimum atomic E-state index is -1.05. The Labute approximate surface area is 122 Å². The number of nitrogens with one attached hydrogen (secondary N) is 1. The van der Waals surface area contributed by atoms with Crippen LogP contribution in [0.15, 0.2) is 22.6 Å². The number of carbonyl (C=O) groups excluding carboxylic acids is 1. The molecule has 0 saturated heterocycles. The molecule has 1 aromatic heterocycles. The molecule has 0 spiro atoms. The summed E-state index contributed by atoms with van der Waals surface area (Å²) in [5, 5.41) is 12.5. The molecule has 5 heteroatoms. The van der Waals surface area contributed by atoms with E-state index < -0.39 is 17.9 Å². The Morgan fingerprint density at radius 2 is 1.90 bits per heavy atom. The largest absolute Gasteiger partial charge is 0.480 e. The molecule has 2 aromatic rings. The predicted molar refractivity (Wildman–Crippen MR) is 79.4 cm³/mol. The molecule has 1 heterocycles. The number of hydrogen-bond acceptors (Lipinski definition) is 3. The lowest BCUT2D eigenvalue weighted by molar-refractivity contribution is -0.140. The molecule has 1 amide bonds. The Kier molecular flexibility index (Phi) is 4.02. The van der Waals surface area contributed by atoms with Gasteiger partial charge in [0.25, 0.3) is 5.91 Å². The summed E-state index contributed by atoms with van der Waals surface area (Å²) in [5.41, 5.74) is 2.32. The quantitative estimate of drug-likeness (QED) is 0.907. The Hall–Kier alpha value is -2.30. The van der Waals surface area contributed by atoms with Gasteiger partial charge in [0.2, 0.25) is 0 Å². The van der Waals surface area contributed by atoms with Crippen molar-refractivity contribution in [1.29, 1.82) is 0 Å². The summed E-state index contributed by atoms with van der Waals surface area (Å²) in [6.45, 7) is 7.19. The van der Waals surface area contributed by atoms with Crippen molar-refractivity contribution in [3.05, 3.63) is 35.1 Å². The summed E-state index contributed by atoms with van der Waals surface area (Å²) < 4.78 is 5.65. The molecule has 0 aliphatic carbocycles. The van der Waals surface area contributed by atoms with E-state index in [0.29, 0.717) is 5.58 Å². The van der Waals surface area contributed by atoms with Crippen molar-refractivity contribution in [1.82, 2.24) is 5.32 Å². The van der Waals surface area contributed by atoms with Gasteiger partial charge in [-0.05, 0) is 25.3 Å². The van der Waals surface area contributed by atoms with Crippen LogP contribution < -0.4 is 5.32 Å². The summed E-state index contributed by atoms with van der Waals surface area (Å²) in [7, 11) is 0. The number of carbonyl (C=O) groups is 2. The van der Waals surface area contributed by atoms with Gasteiger partial charge in [0, 0.05) is 10.9 Å². The van der Waals surface area contributed by atoms with Gasteiger partial charge in [-0.2, -0.15) is 0 Å². The Balaban J connectivity index is 2.38. The number of carboxylic acid groups (broad SMARTS) is 1. The zero-order chi connectivity index (χ0) is 15.7. The minimum Gasteiger partial charge on any atom is -0.480 e. The minimum absolute atomic E-state index is 0.172. The predicted octanol–water partition coefficient (Wildman–Crippen LogP) is 2.89. The molecule has 5 nitrogen and oxygen atoms in total. The van der Waals surface area contributed by atoms with Crippen molar-refractivity contribution in [3.63, 3.8) is 0 Å². The van der Waals surface area contributed by atoms with E-state index in [0.717, 1.165) is 16.5 Å². The highest BCUT2D eigenvalue weighted by Crippen LogP contribution is 2.27. The molecule has 1 aromatic carbocycles. The van der Waals surface area contributed by atoms with E-state index in [-0.39, 0.29) is 11.7 Å². The van der Waals surface area contributed by atoms with Crippen LogP contribution in [0.25, 0.3) is 11.0 Å². The summed E-state index contributed by atoms with van der Waals surface area (Å²) in [6, 6.07) is 4.75. The normalized spacial score (nSPS) is 12.6. The molecule has 0 bridgehead atoms. The standard InChI is InChI=1S/C16H19NO4/c1-8(2)12(16(19)20)17-15(18)14-10(4)11-7-5-6-9(3)13(11)21-14/h5-8,12H,1-4H3,(H,17,18)(H,19,20)/t12-/m1/s1. The Morgan fingerprint density at radius 3 is 2.43 bits per heavy atom. The average molecular weight is 289 g/mol. The summed E-state index contributed by atoms with van der Waals surface area (Å²) in [5.74, 6) is -1.59. The van der Waals surface area contributed by atoms with Crippen molar-refractivity contribution in [2.75, 3.05) is 0 Å². The molecule has 2 N–H and O–H groups in total. The highest BCUT2D eigenvalue weighted by atomic mass is 16.4. The van der Waals surface area contributed by atoms with E-state index >= 15 is 0 Å². The van der Waals surface area contributed by atoms with Crippen molar-refractivity contribution >= 4 is 22.8 Å². The maximum Gasteiger partial charge on any atom is 0.326 e. The zero-order valence-corrected chi connectivity index (χ0v) is 12.6. The van der Waals surface area contributed by atoms with Crippen LogP contribution in [0.5, 0.6) is 0 Å². The molecule has 0 fully saturated rings. The molecule has 0 unspecified atom stereocenters. The van der Waals surface area contributed by atoms with Crippen LogP contribution in [0.1, 0.15) is 35.5 Å². The molecular weight excluding hydrogens is 270 g/mol. The van der Waals surface area contributed by atoms with Crippen LogP contribution in [-0.2, 0) is 4.79 Å². The number of carboxylic acids is 1. The van der Waals surface area contributed by atoms with Gasteiger partial charge in [-0.15, -0.1) is 0 Å². The Morgan fingerprint density at radius 1 is 1.24 bits per heavy atom. The molecule has 112 valence electrons. The molecule has 0 radical (unpaired) electrons. The molecular formula is C16H19NO4. The molecule has 2 rings (SSSR count). The second kappa shape index (κ2) is 5.60. The molecule has 1 atom stereocenters. The van der Waals surface area contributed by atoms with Gasteiger partial charge in [0.1, 0.15) is 11.6 Å². The Bertz CT molecular complexity index is 700. The second-order valence-corrected chi connectivity index (χ2v) is 5.54. The highest BCUT2D eigenvalue weighted by Gasteiger charge is 2.27. The van der Waals surface area contributed by atoms with Crippen molar-refractivity contribution in [3.8, 4) is 0 Å². The van der Waals surface area contributed by atoms with Gasteiger partial charge in [-0.1, -0.05) is 32.0 Å². The number of amides is 1. The van der Waals surface area contributed by atoms with Crippen molar-refractivity contribution < 1.29 is 19.1 Å². The summed E-state index contributed by atoms with van der Waals surface area (Å²) in [6.07, 6.45) is 0. The first-order valence-electron chi connectivity index (χ1n) is 6.85. The van der Waals surface area contributed by atoms with Gasteiger partial charge >= 0.3 is 5.97 Å². The highest BCUT2D eigenvalue weighted by molar-refractivity contribution is 6.00. The second-order valence-electron chi connectivity index (χ2n) is 5.54. The topological polar surface area (TPSA) is 79.5 Å². The fourth-order valence-electron chi connectivity index (χ4n) is 2.32. The number of hydrogen-bond donors (Lipinski definition) is 2. The van der Waals surface area contributed by atoms with Crippen LogP contribution in [0.3, 0.4) is 0 Å². The van der Waals surface area contributed by atoms with Crippen LogP contribution in [0.4, 0.5) is 0 Å². The van der Waals surface area contributed by atoms with Gasteiger partial charge in [0.15, 0.2) is 5.76 Å². The smallest absolute Gasteiger partial charge is 0.326 e. The number of benzene rings is 1. The molecule has 0 aliphatic heterocycles. The van der Waals surface area contributed by atoms with Crippen LogP contribution in [0.2, 0.25) is 0 Å². The maximum absolute atomic E-state index is 12.3. The first kappa shape index (κ1) is 15.1. The van der Waals surface area contributed by atoms with Crippen molar-refractivity contribution in [2.45, 2.75) is 33.7 Å². The monoisotopic (exact) mass is 289 g/mol. The van der Waals surface area contributed by atoms with E-state index in [1.54, 1.807) is 20.8 Å². The third kappa shape index (κ3) is 2.77. The maximum atomic E-state index is 12.3. The third-order valence-electron chi connectivity index (χ3n) is 3.59. The number of aryl methyl sites for hydroxylation is 2. The van der Waals surface area contributed by atoms with Gasteiger partial charge in [0.05, 0.1) is 0 Å². The number of para-hydroxylation sites is 1. The summed E-state index contributed by atoms with van der Waals surface area (Å²) >= 11 is 0.